The summed E-state index contributed by atoms with van der Waals surface area (Å²) in [7, 11) is 0. The Hall–Kier alpha value is -4.50. The Bertz CT molecular complexity index is 1400. The van der Waals surface area contributed by atoms with Gasteiger partial charge in [0.2, 0.25) is 11.8 Å². The molecule has 2 N–H and O–H groups in total. The number of benzene rings is 3. The van der Waals surface area contributed by atoms with Gasteiger partial charge in [-0.1, -0.05) is 36.4 Å². The third-order valence-corrected chi connectivity index (χ3v) is 7.35. The Kier molecular flexibility index (Phi) is 9.05. The van der Waals surface area contributed by atoms with Crippen LogP contribution in [0.2, 0.25) is 0 Å². The molecule has 0 radical (unpaired) electrons. The van der Waals surface area contributed by atoms with E-state index >= 15 is 0 Å². The summed E-state index contributed by atoms with van der Waals surface area (Å²) in [6.45, 7) is 3.14. The summed E-state index contributed by atoms with van der Waals surface area (Å²) in [5.41, 5.74) is 3.02. The molecule has 9 heteroatoms. The monoisotopic (exact) mass is 554 g/mol. The average Bonchev–Trinajstić information content (AvgIpc) is 3.01. The van der Waals surface area contributed by atoms with Crippen molar-refractivity contribution in [1.29, 1.82) is 0 Å². The third-order valence-electron chi connectivity index (χ3n) is 7.35. The van der Waals surface area contributed by atoms with Crippen molar-refractivity contribution >= 4 is 35.0 Å². The zero-order valence-electron chi connectivity index (χ0n) is 22.9. The lowest BCUT2D eigenvalue weighted by molar-refractivity contribution is -0.121. The molecule has 3 aromatic rings. The number of ether oxygens (including phenoxy) is 1. The average molecular weight is 555 g/mol. The molecule has 0 aliphatic carbocycles. The Morgan fingerprint density at radius 1 is 0.732 bits per heavy atom. The fourth-order valence-electron chi connectivity index (χ4n) is 5.21. The van der Waals surface area contributed by atoms with Gasteiger partial charge >= 0.3 is 0 Å². The SMILES string of the molecule is O=C(Cc1cccc(NC(=O)C2CCCN(C(=O)c3ccccc3)C2)c1)Nc1cccc(C(=O)N2CCOCC2)c1. The van der Waals surface area contributed by atoms with Crippen molar-refractivity contribution in [3.05, 3.63) is 95.6 Å². The predicted octanol–water partition coefficient (Wildman–Crippen LogP) is 3.83. The maximum atomic E-state index is 13.1. The van der Waals surface area contributed by atoms with Crippen molar-refractivity contribution in [2.24, 2.45) is 5.92 Å². The largest absolute Gasteiger partial charge is 0.378 e. The summed E-state index contributed by atoms with van der Waals surface area (Å²) in [6, 6.07) is 23.2. The van der Waals surface area contributed by atoms with Gasteiger partial charge in [-0.3, -0.25) is 19.2 Å². The molecule has 4 amide bonds. The number of piperidine rings is 1. The third kappa shape index (κ3) is 7.37. The summed E-state index contributed by atoms with van der Waals surface area (Å²) < 4.78 is 5.32. The number of hydrogen-bond donors (Lipinski definition) is 2. The van der Waals surface area contributed by atoms with Gasteiger partial charge in [-0.05, 0) is 60.9 Å². The highest BCUT2D eigenvalue weighted by atomic mass is 16.5. The molecule has 2 saturated heterocycles. The molecule has 2 aliphatic rings. The van der Waals surface area contributed by atoms with Crippen LogP contribution in [0.25, 0.3) is 0 Å². The number of carbonyl (C=O) groups excluding carboxylic acids is 4. The van der Waals surface area contributed by atoms with Crippen LogP contribution in [0.5, 0.6) is 0 Å². The lowest BCUT2D eigenvalue weighted by Gasteiger charge is -2.32. The number of morpholine rings is 1. The molecule has 0 spiro atoms. The fraction of sp³-hybridized carbons (Fsp3) is 0.312. The molecule has 2 heterocycles. The highest BCUT2D eigenvalue weighted by molar-refractivity contribution is 5.98. The molecule has 5 rings (SSSR count). The predicted molar refractivity (Wildman–Crippen MR) is 156 cm³/mol. The van der Waals surface area contributed by atoms with E-state index in [-0.39, 0.29) is 36.0 Å². The summed E-state index contributed by atoms with van der Waals surface area (Å²) in [6.07, 6.45) is 1.57. The number of anilines is 2. The summed E-state index contributed by atoms with van der Waals surface area (Å²) in [4.78, 5) is 55.0. The van der Waals surface area contributed by atoms with E-state index in [9.17, 15) is 19.2 Å². The molecule has 3 aromatic carbocycles. The molecule has 9 nitrogen and oxygen atoms in total. The molecule has 0 saturated carbocycles. The first-order valence-corrected chi connectivity index (χ1v) is 14.0. The normalized spacial score (nSPS) is 17.0. The Morgan fingerprint density at radius 3 is 2.20 bits per heavy atom. The highest BCUT2D eigenvalue weighted by Crippen LogP contribution is 2.22. The minimum atomic E-state index is -0.309. The minimum Gasteiger partial charge on any atom is -0.378 e. The molecule has 0 bridgehead atoms. The molecule has 2 aliphatic heterocycles. The lowest BCUT2D eigenvalue weighted by Crippen LogP contribution is -2.43. The first-order chi connectivity index (χ1) is 20.0. The van der Waals surface area contributed by atoms with Crippen LogP contribution >= 0.6 is 0 Å². The number of likely N-dealkylation sites (tertiary alicyclic amines) is 1. The van der Waals surface area contributed by atoms with Crippen molar-refractivity contribution in [3.63, 3.8) is 0 Å². The Balaban J connectivity index is 1.15. The van der Waals surface area contributed by atoms with Gasteiger partial charge < -0.3 is 25.2 Å². The molecule has 0 aromatic heterocycles. The van der Waals surface area contributed by atoms with Crippen LogP contribution in [0.4, 0.5) is 11.4 Å². The van der Waals surface area contributed by atoms with Crippen LogP contribution in [0.3, 0.4) is 0 Å². The molecule has 41 heavy (non-hydrogen) atoms. The van der Waals surface area contributed by atoms with Gasteiger partial charge in [0.25, 0.3) is 11.8 Å². The van der Waals surface area contributed by atoms with Crippen LogP contribution < -0.4 is 10.6 Å². The van der Waals surface area contributed by atoms with Crippen LogP contribution in [0, 0.1) is 5.92 Å². The van der Waals surface area contributed by atoms with Crippen molar-refractivity contribution in [1.82, 2.24) is 9.80 Å². The molecular formula is C32H34N4O5. The summed E-state index contributed by atoms with van der Waals surface area (Å²) >= 11 is 0. The van der Waals surface area contributed by atoms with Gasteiger partial charge in [0, 0.05) is 48.7 Å². The maximum absolute atomic E-state index is 13.1. The molecule has 212 valence electrons. The van der Waals surface area contributed by atoms with Crippen LogP contribution in [0.15, 0.2) is 78.9 Å². The van der Waals surface area contributed by atoms with Crippen molar-refractivity contribution in [3.8, 4) is 0 Å². The van der Waals surface area contributed by atoms with E-state index in [1.807, 2.05) is 24.3 Å². The van der Waals surface area contributed by atoms with Gasteiger partial charge in [-0.2, -0.15) is 0 Å². The standard InChI is InChI=1S/C32H34N4O5/c37-29(33-28-13-5-10-25(21-28)32(40)35-15-17-41-18-16-35)20-23-7-4-12-27(19-23)34-30(38)26-11-6-14-36(22-26)31(39)24-8-2-1-3-9-24/h1-5,7-10,12-13,19,21,26H,6,11,14-18,20,22H2,(H,33,37)(H,34,38). The second-order valence-electron chi connectivity index (χ2n) is 10.4. The first kappa shape index (κ1) is 28.0. The smallest absolute Gasteiger partial charge is 0.254 e. The van der Waals surface area contributed by atoms with Crippen LogP contribution in [-0.4, -0.2) is 72.8 Å². The van der Waals surface area contributed by atoms with E-state index in [4.69, 9.17) is 4.74 Å². The van der Waals surface area contributed by atoms with Crippen LogP contribution in [-0.2, 0) is 20.7 Å². The zero-order chi connectivity index (χ0) is 28.6. The Labute approximate surface area is 239 Å². The number of nitrogens with one attached hydrogen (secondary N) is 2. The van der Waals surface area contributed by atoms with Crippen LogP contribution in [0.1, 0.15) is 39.1 Å². The number of nitrogens with zero attached hydrogens (tertiary/aromatic N) is 2. The molecular weight excluding hydrogens is 520 g/mol. The van der Waals surface area contributed by atoms with Crippen molar-refractivity contribution in [2.75, 3.05) is 50.0 Å². The van der Waals surface area contributed by atoms with Gasteiger partial charge in [-0.15, -0.1) is 0 Å². The second kappa shape index (κ2) is 13.2. The number of rotatable bonds is 7. The van der Waals surface area contributed by atoms with E-state index in [2.05, 4.69) is 10.6 Å². The number of carbonyl (C=O) groups is 4. The van der Waals surface area contributed by atoms with E-state index in [0.29, 0.717) is 68.3 Å². The van der Waals surface area contributed by atoms with E-state index < -0.39 is 0 Å². The highest BCUT2D eigenvalue weighted by Gasteiger charge is 2.29. The second-order valence-corrected chi connectivity index (χ2v) is 10.4. The quantitative estimate of drug-likeness (QED) is 0.462. The first-order valence-electron chi connectivity index (χ1n) is 14.0. The maximum Gasteiger partial charge on any atom is 0.254 e. The number of amides is 4. The number of hydrogen-bond acceptors (Lipinski definition) is 5. The zero-order valence-corrected chi connectivity index (χ0v) is 22.9. The Morgan fingerprint density at radius 2 is 1.41 bits per heavy atom. The van der Waals surface area contributed by atoms with E-state index in [0.717, 1.165) is 12.0 Å². The summed E-state index contributed by atoms with van der Waals surface area (Å²) in [5, 5.41) is 5.84. The van der Waals surface area contributed by atoms with Gasteiger partial charge in [0.1, 0.15) is 0 Å². The van der Waals surface area contributed by atoms with E-state index in [1.165, 1.54) is 0 Å². The molecule has 2 fully saturated rings. The van der Waals surface area contributed by atoms with Crippen molar-refractivity contribution < 1.29 is 23.9 Å². The van der Waals surface area contributed by atoms with Gasteiger partial charge in [0.15, 0.2) is 0 Å². The fourth-order valence-corrected chi connectivity index (χ4v) is 5.21. The molecule has 1 atom stereocenters. The minimum absolute atomic E-state index is 0.0629. The molecule has 1 unspecified atom stereocenters. The lowest BCUT2D eigenvalue weighted by atomic mass is 9.96. The van der Waals surface area contributed by atoms with E-state index in [1.54, 1.807) is 64.4 Å². The van der Waals surface area contributed by atoms with Gasteiger partial charge in [-0.25, -0.2) is 0 Å². The van der Waals surface area contributed by atoms with Crippen molar-refractivity contribution in [2.45, 2.75) is 19.3 Å². The summed E-state index contributed by atoms with van der Waals surface area (Å²) in [5.74, 6) is -0.827. The van der Waals surface area contributed by atoms with Gasteiger partial charge in [0.05, 0.1) is 25.6 Å². The topological polar surface area (TPSA) is 108 Å².